The molecule has 1 aliphatic rings. The van der Waals surface area contributed by atoms with E-state index in [0.29, 0.717) is 28.9 Å². The summed E-state index contributed by atoms with van der Waals surface area (Å²) in [5, 5.41) is 8.78. The molecule has 0 fully saturated rings. The smallest absolute Gasteiger partial charge is 0.185 e. The molecule has 18 heavy (non-hydrogen) atoms. The maximum atomic E-state index is 12.3. The second-order valence-electron chi connectivity index (χ2n) is 4.41. The third kappa shape index (κ3) is 3.82. The Morgan fingerprint density at radius 3 is 2.61 bits per heavy atom. The van der Waals surface area contributed by atoms with E-state index in [1.54, 1.807) is 6.92 Å². The Labute approximate surface area is 112 Å². The van der Waals surface area contributed by atoms with Crippen molar-refractivity contribution in [3.63, 3.8) is 0 Å². The predicted octanol–water partition coefficient (Wildman–Crippen LogP) is 2.64. The minimum Gasteiger partial charge on any atom is -0.396 e. The number of aldehydes is 1. The normalized spacial score (nSPS) is 17.5. The van der Waals surface area contributed by atoms with E-state index in [1.165, 1.54) is 11.8 Å². The molecular weight excluding hydrogens is 248 g/mol. The van der Waals surface area contributed by atoms with Crippen molar-refractivity contribution in [3.05, 3.63) is 21.6 Å². The maximum absolute atomic E-state index is 12.3. The number of thioether (sulfide) groups is 1. The number of aliphatic hydroxyl groups excluding tert-OH is 1. The van der Waals surface area contributed by atoms with E-state index in [2.05, 4.69) is 0 Å². The fourth-order valence-corrected chi connectivity index (χ4v) is 2.72. The fraction of sp³-hybridized carbons (Fsp3) is 0.571. The molecule has 0 amide bonds. The molecule has 0 atom stereocenters. The lowest BCUT2D eigenvalue weighted by Gasteiger charge is -2.16. The molecule has 0 aromatic rings. The van der Waals surface area contributed by atoms with Crippen LogP contribution in [0.2, 0.25) is 0 Å². The van der Waals surface area contributed by atoms with Gasteiger partial charge in [-0.1, -0.05) is 0 Å². The molecule has 0 bridgehead atoms. The lowest BCUT2D eigenvalue weighted by molar-refractivity contribution is -0.113. The fourth-order valence-electron chi connectivity index (χ4n) is 2.01. The van der Waals surface area contributed by atoms with Crippen molar-refractivity contribution < 1.29 is 14.7 Å². The van der Waals surface area contributed by atoms with Gasteiger partial charge in [-0.05, 0) is 50.0 Å². The van der Waals surface area contributed by atoms with Gasteiger partial charge in [0.15, 0.2) is 5.78 Å². The Kier molecular flexibility index (Phi) is 6.36. The van der Waals surface area contributed by atoms with E-state index in [0.717, 1.165) is 30.5 Å². The third-order valence-corrected chi connectivity index (χ3v) is 4.33. The number of allylic oxidation sites excluding steroid dienone is 4. The predicted molar refractivity (Wildman–Crippen MR) is 74.5 cm³/mol. The highest BCUT2D eigenvalue weighted by atomic mass is 32.2. The minimum atomic E-state index is -0.000241. The first kappa shape index (κ1) is 15.2. The van der Waals surface area contributed by atoms with Crippen molar-refractivity contribution in [2.75, 3.05) is 12.4 Å². The first-order chi connectivity index (χ1) is 8.61. The number of hydrogen-bond donors (Lipinski definition) is 1. The summed E-state index contributed by atoms with van der Waals surface area (Å²) in [5.41, 5.74) is 2.06. The largest absolute Gasteiger partial charge is 0.396 e. The number of hydrogen-bond acceptors (Lipinski definition) is 4. The van der Waals surface area contributed by atoms with Crippen LogP contribution in [0.1, 0.15) is 39.5 Å². The Morgan fingerprint density at radius 2 is 2.00 bits per heavy atom. The summed E-state index contributed by atoms with van der Waals surface area (Å²) in [5.74, 6) is 0.593. The molecule has 1 rings (SSSR count). The van der Waals surface area contributed by atoms with Gasteiger partial charge in [-0.15, -0.1) is 11.8 Å². The molecule has 4 heteroatoms. The Balaban J connectivity index is 2.91. The van der Waals surface area contributed by atoms with E-state index < -0.39 is 0 Å². The van der Waals surface area contributed by atoms with Crippen LogP contribution in [0.5, 0.6) is 0 Å². The van der Waals surface area contributed by atoms with E-state index in [4.69, 9.17) is 5.11 Å². The highest BCUT2D eigenvalue weighted by Gasteiger charge is 2.20. The molecule has 0 heterocycles. The van der Waals surface area contributed by atoms with Gasteiger partial charge in [0, 0.05) is 16.9 Å². The summed E-state index contributed by atoms with van der Waals surface area (Å²) in [6, 6.07) is 0. The number of carbonyl (C=O) groups excluding carboxylic acids is 2. The van der Waals surface area contributed by atoms with Gasteiger partial charge in [-0.25, -0.2) is 0 Å². The number of rotatable bonds is 6. The van der Waals surface area contributed by atoms with Crippen LogP contribution in [0, 0.1) is 0 Å². The van der Waals surface area contributed by atoms with Crippen LogP contribution in [-0.4, -0.2) is 29.5 Å². The summed E-state index contributed by atoms with van der Waals surface area (Å²) >= 11 is 1.48. The van der Waals surface area contributed by atoms with Gasteiger partial charge < -0.3 is 5.11 Å². The molecule has 0 aliphatic heterocycles. The lowest BCUT2D eigenvalue weighted by Crippen LogP contribution is -2.12. The van der Waals surface area contributed by atoms with Crippen LogP contribution in [0.3, 0.4) is 0 Å². The second-order valence-corrected chi connectivity index (χ2v) is 5.72. The monoisotopic (exact) mass is 268 g/mol. The van der Waals surface area contributed by atoms with E-state index in [-0.39, 0.29) is 12.4 Å². The molecular formula is C14H20O3S. The molecule has 1 N–H and O–H groups in total. The van der Waals surface area contributed by atoms with Crippen LogP contribution in [0.15, 0.2) is 21.6 Å². The SMILES string of the molecule is C/C(SCCO)=C(/C)C(=O)C1=C(C=O)CCCC1. The molecule has 0 unspecified atom stereocenters. The third-order valence-electron chi connectivity index (χ3n) is 3.21. The first-order valence-electron chi connectivity index (χ1n) is 6.24. The highest BCUT2D eigenvalue weighted by molar-refractivity contribution is 8.03. The molecule has 3 nitrogen and oxygen atoms in total. The molecule has 0 radical (unpaired) electrons. The van der Waals surface area contributed by atoms with Crippen LogP contribution < -0.4 is 0 Å². The molecule has 0 saturated heterocycles. The zero-order chi connectivity index (χ0) is 13.5. The highest BCUT2D eigenvalue weighted by Crippen LogP contribution is 2.28. The van der Waals surface area contributed by atoms with Crippen molar-refractivity contribution in [2.45, 2.75) is 39.5 Å². The molecule has 0 spiro atoms. The summed E-state index contributed by atoms with van der Waals surface area (Å²) in [6.45, 7) is 3.79. The number of Topliss-reactive ketones (excluding diaryl/α,β-unsaturated/α-hetero) is 1. The van der Waals surface area contributed by atoms with Crippen molar-refractivity contribution in [3.8, 4) is 0 Å². The first-order valence-corrected chi connectivity index (χ1v) is 7.23. The van der Waals surface area contributed by atoms with E-state index in [1.807, 2.05) is 6.92 Å². The van der Waals surface area contributed by atoms with Crippen LogP contribution in [0.25, 0.3) is 0 Å². The molecule has 1 aliphatic carbocycles. The topological polar surface area (TPSA) is 54.4 Å². The zero-order valence-electron chi connectivity index (χ0n) is 11.0. The van der Waals surface area contributed by atoms with Gasteiger partial charge in [0.05, 0.1) is 6.61 Å². The summed E-state index contributed by atoms with van der Waals surface area (Å²) in [7, 11) is 0. The van der Waals surface area contributed by atoms with E-state index in [9.17, 15) is 9.59 Å². The average molecular weight is 268 g/mol. The van der Waals surface area contributed by atoms with Crippen molar-refractivity contribution in [2.24, 2.45) is 0 Å². The van der Waals surface area contributed by atoms with E-state index >= 15 is 0 Å². The van der Waals surface area contributed by atoms with Crippen molar-refractivity contribution >= 4 is 23.8 Å². The van der Waals surface area contributed by atoms with Crippen LogP contribution in [-0.2, 0) is 9.59 Å². The Bertz CT molecular complexity index is 394. The van der Waals surface area contributed by atoms with Crippen LogP contribution in [0.4, 0.5) is 0 Å². The quantitative estimate of drug-likeness (QED) is 0.594. The van der Waals surface area contributed by atoms with Gasteiger partial charge in [0.25, 0.3) is 0 Å². The minimum absolute atomic E-state index is 0.000241. The molecule has 100 valence electrons. The Hall–Kier alpha value is -0.870. The Morgan fingerprint density at radius 1 is 1.33 bits per heavy atom. The van der Waals surface area contributed by atoms with Crippen LogP contribution >= 0.6 is 11.8 Å². The van der Waals surface area contributed by atoms with Gasteiger partial charge in [-0.3, -0.25) is 9.59 Å². The molecule has 0 aromatic heterocycles. The van der Waals surface area contributed by atoms with Gasteiger partial charge >= 0.3 is 0 Å². The van der Waals surface area contributed by atoms with Crippen molar-refractivity contribution in [1.82, 2.24) is 0 Å². The maximum Gasteiger partial charge on any atom is 0.185 e. The standard InChI is InChI=1S/C14H20O3S/c1-10(11(2)18-8-7-15)14(17)13-6-4-3-5-12(13)9-16/h9,15H,3-8H2,1-2H3/b11-10+. The summed E-state index contributed by atoms with van der Waals surface area (Å²) in [4.78, 5) is 24.2. The van der Waals surface area contributed by atoms with Crippen molar-refractivity contribution in [1.29, 1.82) is 0 Å². The summed E-state index contributed by atoms with van der Waals surface area (Å²) < 4.78 is 0. The van der Waals surface area contributed by atoms with Gasteiger partial charge in [0.1, 0.15) is 6.29 Å². The number of carbonyl (C=O) groups is 2. The average Bonchev–Trinajstić information content (AvgIpc) is 2.42. The van der Waals surface area contributed by atoms with Gasteiger partial charge in [-0.2, -0.15) is 0 Å². The zero-order valence-corrected chi connectivity index (χ0v) is 11.8. The van der Waals surface area contributed by atoms with Gasteiger partial charge in [0.2, 0.25) is 0 Å². The lowest BCUT2D eigenvalue weighted by atomic mass is 9.88. The number of aliphatic hydroxyl groups is 1. The summed E-state index contributed by atoms with van der Waals surface area (Å²) in [6.07, 6.45) is 4.24. The molecule has 0 aromatic carbocycles. The number of ketones is 1. The molecule has 0 saturated carbocycles. The second kappa shape index (κ2) is 7.54.